The lowest BCUT2D eigenvalue weighted by Crippen LogP contribution is -2.45. The minimum absolute atomic E-state index is 0.0809. The van der Waals surface area contributed by atoms with Crippen LogP contribution in [0.2, 0.25) is 0 Å². The van der Waals surface area contributed by atoms with Gasteiger partial charge in [0.25, 0.3) is 0 Å². The zero-order valence-corrected chi connectivity index (χ0v) is 13.0. The molecule has 0 saturated carbocycles. The fraction of sp³-hybridized carbons (Fsp3) is 0.643. The number of urea groups is 1. The molecule has 2 rings (SSSR count). The highest BCUT2D eigenvalue weighted by molar-refractivity contribution is 5.90. The van der Waals surface area contributed by atoms with Crippen LogP contribution in [0.1, 0.15) is 42.5 Å². The predicted octanol–water partition coefficient (Wildman–Crippen LogP) is 1.07. The normalized spacial score (nSPS) is 14.0. The molecular weight excluding hydrogens is 272 g/mol. The molecule has 2 heterocycles. The Morgan fingerprint density at radius 2 is 2.14 bits per heavy atom. The van der Waals surface area contributed by atoms with Crippen LogP contribution in [-0.2, 0) is 24.8 Å². The molecule has 1 N–H and O–H groups in total. The van der Waals surface area contributed by atoms with Gasteiger partial charge in [-0.3, -0.25) is 4.68 Å². The number of nitrogens with zero attached hydrogens (tertiary/aromatic N) is 3. The molecule has 116 valence electrons. The highest BCUT2D eigenvalue weighted by Crippen LogP contribution is 2.22. The molecule has 0 atom stereocenters. The van der Waals surface area contributed by atoms with Crippen LogP contribution < -0.4 is 5.32 Å². The lowest BCUT2D eigenvalue weighted by atomic mass is 10.1. The second-order valence-corrected chi connectivity index (χ2v) is 5.39. The molecule has 0 unspecified atom stereocenters. The Morgan fingerprint density at radius 3 is 2.76 bits per heavy atom. The van der Waals surface area contributed by atoms with Crippen LogP contribution in [0.25, 0.3) is 0 Å². The number of hydrogen-bond donors (Lipinski definition) is 1. The molecule has 0 spiro atoms. The molecule has 0 saturated heterocycles. The number of amides is 2. The maximum absolute atomic E-state index is 12.1. The summed E-state index contributed by atoms with van der Waals surface area (Å²) in [5.41, 5.74) is 2.10. The van der Waals surface area contributed by atoms with Gasteiger partial charge in [0.2, 0.25) is 0 Å². The summed E-state index contributed by atoms with van der Waals surface area (Å²) in [6.45, 7) is 6.91. The fourth-order valence-electron chi connectivity index (χ4n) is 2.47. The quantitative estimate of drug-likeness (QED) is 0.846. The molecule has 0 bridgehead atoms. The van der Waals surface area contributed by atoms with Crippen LogP contribution in [0, 0.1) is 0 Å². The maximum atomic E-state index is 12.1. The first-order valence-corrected chi connectivity index (χ1v) is 7.21. The molecule has 2 amide bonds. The first kappa shape index (κ1) is 15.3. The van der Waals surface area contributed by atoms with Crippen LogP contribution in [0.15, 0.2) is 0 Å². The molecule has 0 radical (unpaired) electrons. The number of aromatic nitrogens is 2. The van der Waals surface area contributed by atoms with E-state index >= 15 is 0 Å². The fourth-order valence-corrected chi connectivity index (χ4v) is 2.47. The molecule has 1 aromatic rings. The van der Waals surface area contributed by atoms with E-state index in [1.807, 2.05) is 13.8 Å². The van der Waals surface area contributed by atoms with Crippen molar-refractivity contribution in [3.05, 3.63) is 17.0 Å². The number of aryl methyl sites for hydroxylation is 1. The van der Waals surface area contributed by atoms with Crippen molar-refractivity contribution >= 4 is 12.0 Å². The Morgan fingerprint density at radius 1 is 1.43 bits per heavy atom. The van der Waals surface area contributed by atoms with E-state index in [0.717, 1.165) is 11.3 Å². The average Bonchev–Trinajstić information content (AvgIpc) is 2.72. The van der Waals surface area contributed by atoms with Crippen molar-refractivity contribution in [2.24, 2.45) is 7.05 Å². The topological polar surface area (TPSA) is 76.5 Å². The van der Waals surface area contributed by atoms with E-state index in [-0.39, 0.29) is 18.0 Å². The third kappa shape index (κ3) is 3.17. The van der Waals surface area contributed by atoms with Crippen molar-refractivity contribution in [1.82, 2.24) is 20.0 Å². The second kappa shape index (κ2) is 6.15. The van der Waals surface area contributed by atoms with Gasteiger partial charge in [-0.15, -0.1) is 0 Å². The molecule has 0 aromatic carbocycles. The number of carbonyl (C=O) groups is 2. The van der Waals surface area contributed by atoms with Gasteiger partial charge in [0.1, 0.15) is 0 Å². The van der Waals surface area contributed by atoms with Crippen LogP contribution in [-0.4, -0.2) is 45.9 Å². The van der Waals surface area contributed by atoms with E-state index in [1.54, 1.807) is 23.6 Å². The smallest absolute Gasteiger partial charge is 0.356 e. The number of esters is 1. The summed E-state index contributed by atoms with van der Waals surface area (Å²) < 4.78 is 6.62. The number of nitrogens with one attached hydrogen (secondary N) is 1. The first-order valence-electron chi connectivity index (χ1n) is 7.21. The van der Waals surface area contributed by atoms with Gasteiger partial charge in [-0.1, -0.05) is 0 Å². The Hall–Kier alpha value is -2.05. The molecule has 0 fully saturated rings. The first-order chi connectivity index (χ1) is 9.93. The van der Waals surface area contributed by atoms with Crippen molar-refractivity contribution in [2.45, 2.75) is 39.8 Å². The monoisotopic (exact) mass is 294 g/mol. The third-order valence-corrected chi connectivity index (χ3v) is 3.36. The highest BCUT2D eigenvalue weighted by Gasteiger charge is 2.30. The summed E-state index contributed by atoms with van der Waals surface area (Å²) in [7, 11) is 1.73. The molecule has 1 aliphatic heterocycles. The Balaban J connectivity index is 2.22. The highest BCUT2D eigenvalue weighted by atomic mass is 16.5. The molecule has 7 heteroatoms. The van der Waals surface area contributed by atoms with Crippen molar-refractivity contribution in [3.63, 3.8) is 0 Å². The predicted molar refractivity (Wildman–Crippen MR) is 76.9 cm³/mol. The summed E-state index contributed by atoms with van der Waals surface area (Å²) >= 11 is 0. The Labute approximate surface area is 124 Å². The average molecular weight is 294 g/mol. The summed E-state index contributed by atoms with van der Waals surface area (Å²) in [5, 5.41) is 7.23. The number of fused-ring (bicyclic) bond motifs is 1. The largest absolute Gasteiger partial charge is 0.461 e. The molecular formula is C14H22N4O3. The van der Waals surface area contributed by atoms with E-state index < -0.39 is 0 Å². The van der Waals surface area contributed by atoms with Crippen LogP contribution in [0.5, 0.6) is 0 Å². The van der Waals surface area contributed by atoms with Crippen LogP contribution >= 0.6 is 0 Å². The van der Waals surface area contributed by atoms with Crippen molar-refractivity contribution in [2.75, 3.05) is 13.2 Å². The van der Waals surface area contributed by atoms with Crippen molar-refractivity contribution in [3.8, 4) is 0 Å². The number of ether oxygens (including phenoxy) is 1. The van der Waals surface area contributed by atoms with Gasteiger partial charge in [0.15, 0.2) is 5.69 Å². The minimum Gasteiger partial charge on any atom is -0.461 e. The minimum atomic E-state index is -0.389. The molecule has 21 heavy (non-hydrogen) atoms. The summed E-state index contributed by atoms with van der Waals surface area (Å²) in [4.78, 5) is 25.9. The molecule has 7 nitrogen and oxygen atoms in total. The molecule has 0 aliphatic carbocycles. The van der Waals surface area contributed by atoms with E-state index in [1.165, 1.54) is 0 Å². The SMILES string of the molecule is CCOC(=O)c1c2c(nn1C)CCN(C(=O)NC(C)C)C2. The van der Waals surface area contributed by atoms with E-state index in [4.69, 9.17) is 4.74 Å². The van der Waals surface area contributed by atoms with Gasteiger partial charge in [0, 0.05) is 31.6 Å². The number of carbonyl (C=O) groups excluding carboxylic acids is 2. The van der Waals surface area contributed by atoms with Gasteiger partial charge in [-0.25, -0.2) is 9.59 Å². The number of rotatable bonds is 3. The molecule has 1 aliphatic rings. The summed E-state index contributed by atoms with van der Waals surface area (Å²) in [5.74, 6) is -0.389. The second-order valence-electron chi connectivity index (χ2n) is 5.39. The van der Waals surface area contributed by atoms with Crippen LogP contribution in [0.4, 0.5) is 4.79 Å². The number of hydrogen-bond acceptors (Lipinski definition) is 4. The Bertz CT molecular complexity index is 551. The maximum Gasteiger partial charge on any atom is 0.356 e. The standard InChI is InChI=1S/C14H22N4O3/c1-5-21-13(19)12-10-8-18(14(20)15-9(2)3)7-6-11(10)16-17(12)4/h9H,5-8H2,1-4H3,(H,15,20). The van der Waals surface area contributed by atoms with Gasteiger partial charge in [-0.2, -0.15) is 5.10 Å². The molecule has 1 aromatic heterocycles. The zero-order chi connectivity index (χ0) is 15.6. The zero-order valence-electron chi connectivity index (χ0n) is 13.0. The summed E-state index contributed by atoms with van der Waals surface area (Å²) in [6.07, 6.45) is 0.647. The lowest BCUT2D eigenvalue weighted by molar-refractivity contribution is 0.0511. The van der Waals surface area contributed by atoms with Gasteiger partial charge < -0.3 is 15.0 Å². The van der Waals surface area contributed by atoms with E-state index in [9.17, 15) is 9.59 Å². The van der Waals surface area contributed by atoms with Crippen LogP contribution in [0.3, 0.4) is 0 Å². The van der Waals surface area contributed by atoms with E-state index in [0.29, 0.717) is 31.8 Å². The lowest BCUT2D eigenvalue weighted by Gasteiger charge is -2.27. The van der Waals surface area contributed by atoms with Crippen molar-refractivity contribution < 1.29 is 14.3 Å². The van der Waals surface area contributed by atoms with Gasteiger partial charge in [-0.05, 0) is 20.8 Å². The Kier molecular flexibility index (Phi) is 4.50. The van der Waals surface area contributed by atoms with E-state index in [2.05, 4.69) is 10.4 Å². The third-order valence-electron chi connectivity index (χ3n) is 3.36. The summed E-state index contributed by atoms with van der Waals surface area (Å²) in [6, 6.07) is -0.0355. The van der Waals surface area contributed by atoms with Crippen molar-refractivity contribution in [1.29, 1.82) is 0 Å². The van der Waals surface area contributed by atoms with Gasteiger partial charge >= 0.3 is 12.0 Å². The van der Waals surface area contributed by atoms with Gasteiger partial charge in [0.05, 0.1) is 18.8 Å².